The highest BCUT2D eigenvalue weighted by Gasteiger charge is 2.98. The van der Waals surface area contributed by atoms with Crippen LogP contribution in [-0.2, 0) is 0 Å². The number of hydrogen-bond acceptors (Lipinski definition) is 0. The topological polar surface area (TPSA) is 0 Å². The Morgan fingerprint density at radius 2 is 1.29 bits per heavy atom. The fourth-order valence-corrected chi connectivity index (χ4v) is 4.77. The summed E-state index contributed by atoms with van der Waals surface area (Å²) in [5, 5.41) is 0. The molecule has 3 fully saturated rings. The third kappa shape index (κ3) is 1.55. The summed E-state index contributed by atoms with van der Waals surface area (Å²) in [5.74, 6) is -12.0. The number of hydrogen-bond donors (Lipinski definition) is 0. The van der Waals surface area contributed by atoms with Gasteiger partial charge in [-0.1, -0.05) is 20.8 Å². The van der Waals surface area contributed by atoms with Crippen molar-refractivity contribution in [2.75, 3.05) is 0 Å². The summed E-state index contributed by atoms with van der Waals surface area (Å²) in [7, 11) is 0. The molecule has 0 aromatic heterocycles. The Bertz CT molecular complexity index is 396. The Morgan fingerprint density at radius 3 is 1.67 bits per heavy atom. The number of rotatable bonds is 1. The molecule has 3 rings (SSSR count). The van der Waals surface area contributed by atoms with Crippen LogP contribution in [0.5, 0.6) is 0 Å². The van der Waals surface area contributed by atoms with Crippen molar-refractivity contribution in [3.8, 4) is 0 Å². The molecule has 3 saturated carbocycles. The molecule has 6 atom stereocenters. The molecule has 0 saturated heterocycles. The molecule has 3 aliphatic carbocycles. The van der Waals surface area contributed by atoms with Gasteiger partial charge in [0.15, 0.2) is 0 Å². The summed E-state index contributed by atoms with van der Waals surface area (Å²) < 4.78 is 82.6. The Balaban J connectivity index is 0.000000774. The predicted octanol–water partition coefficient (Wildman–Crippen LogP) is 5.42. The monoisotopic (exact) mass is 316 g/mol. The van der Waals surface area contributed by atoms with E-state index in [9.17, 15) is 26.3 Å². The van der Waals surface area contributed by atoms with Crippen LogP contribution in [0.2, 0.25) is 0 Å². The molecule has 0 spiro atoms. The predicted molar refractivity (Wildman–Crippen MR) is 68.1 cm³/mol. The molecular formula is C15H22F6. The van der Waals surface area contributed by atoms with E-state index in [1.165, 1.54) is 0 Å². The molecule has 0 radical (unpaired) electrons. The number of alkyl halides is 6. The van der Waals surface area contributed by atoms with E-state index < -0.39 is 40.9 Å². The fraction of sp³-hybridized carbons (Fsp3) is 1.00. The lowest BCUT2D eigenvalue weighted by atomic mass is 9.52. The fourth-order valence-electron chi connectivity index (χ4n) is 4.77. The van der Waals surface area contributed by atoms with Crippen molar-refractivity contribution < 1.29 is 26.3 Å². The first-order valence-corrected chi connectivity index (χ1v) is 7.63. The lowest BCUT2D eigenvalue weighted by Gasteiger charge is -2.61. The highest BCUT2D eigenvalue weighted by atomic mass is 19.3. The molecule has 21 heavy (non-hydrogen) atoms. The Morgan fingerprint density at radius 1 is 0.810 bits per heavy atom. The molecule has 0 aliphatic heterocycles. The number of halogens is 6. The average Bonchev–Trinajstić information content (AvgIpc) is 2.99. The van der Waals surface area contributed by atoms with E-state index >= 15 is 0 Å². The van der Waals surface area contributed by atoms with Crippen molar-refractivity contribution in [1.29, 1.82) is 0 Å². The smallest absolute Gasteiger partial charge is 0.233 e. The zero-order valence-electron chi connectivity index (χ0n) is 12.7. The molecular weight excluding hydrogens is 294 g/mol. The largest absolute Gasteiger partial charge is 0.350 e. The van der Waals surface area contributed by atoms with E-state index in [0.717, 1.165) is 6.42 Å². The molecule has 6 heteroatoms. The van der Waals surface area contributed by atoms with Crippen molar-refractivity contribution in [3.05, 3.63) is 0 Å². The van der Waals surface area contributed by atoms with Crippen LogP contribution in [0.1, 0.15) is 47.0 Å². The Kier molecular flexibility index (Phi) is 3.66. The van der Waals surface area contributed by atoms with Gasteiger partial charge in [0.2, 0.25) is 11.3 Å². The van der Waals surface area contributed by atoms with Gasteiger partial charge in [0.1, 0.15) is 0 Å². The van der Waals surface area contributed by atoms with Crippen LogP contribution in [0.3, 0.4) is 0 Å². The molecule has 0 nitrogen and oxygen atoms in total. The van der Waals surface area contributed by atoms with Crippen molar-refractivity contribution >= 4 is 0 Å². The maximum atomic E-state index is 14.8. The average molecular weight is 316 g/mol. The van der Waals surface area contributed by atoms with Crippen molar-refractivity contribution in [2.24, 2.45) is 23.7 Å². The van der Waals surface area contributed by atoms with E-state index in [1.54, 1.807) is 6.92 Å². The minimum absolute atomic E-state index is 0.0587. The first-order chi connectivity index (χ1) is 9.50. The van der Waals surface area contributed by atoms with E-state index in [1.807, 2.05) is 13.8 Å². The Labute approximate surface area is 121 Å². The van der Waals surface area contributed by atoms with Gasteiger partial charge in [-0.3, -0.25) is 0 Å². The summed E-state index contributed by atoms with van der Waals surface area (Å²) in [5.41, 5.74) is -7.55. The van der Waals surface area contributed by atoms with Gasteiger partial charge >= 0.3 is 11.8 Å². The van der Waals surface area contributed by atoms with Gasteiger partial charge in [-0.2, -0.15) is 17.6 Å². The molecule has 0 heterocycles. The van der Waals surface area contributed by atoms with Gasteiger partial charge in [-0.25, -0.2) is 8.78 Å². The molecule has 0 aromatic carbocycles. The Hall–Kier alpha value is -0.420. The first kappa shape index (κ1) is 16.9. The second kappa shape index (κ2) is 4.54. The van der Waals surface area contributed by atoms with Crippen LogP contribution in [0.15, 0.2) is 0 Å². The zero-order valence-corrected chi connectivity index (χ0v) is 12.7. The molecule has 3 aliphatic rings. The molecule has 2 bridgehead atoms. The normalized spacial score (nSPS) is 52.9. The van der Waals surface area contributed by atoms with Crippen molar-refractivity contribution in [2.45, 2.75) is 70.1 Å². The van der Waals surface area contributed by atoms with Gasteiger partial charge in [0.05, 0.1) is 0 Å². The quantitative estimate of drug-likeness (QED) is 0.567. The third-order valence-electron chi connectivity index (χ3n) is 5.92. The lowest BCUT2D eigenvalue weighted by Crippen LogP contribution is -2.87. The van der Waals surface area contributed by atoms with Crippen LogP contribution in [0.4, 0.5) is 26.3 Å². The standard InChI is InChI=1S/C13H16F6.C2H6/c1-6-7-3-4-8(5-7)9(6)11(15)10(2,14)12(16,17)13(11,18)19;1-2/h6-9H,3-5H2,1-2H3;1-2H3. The van der Waals surface area contributed by atoms with Crippen molar-refractivity contribution in [3.63, 3.8) is 0 Å². The van der Waals surface area contributed by atoms with Crippen LogP contribution < -0.4 is 0 Å². The maximum absolute atomic E-state index is 14.8. The summed E-state index contributed by atoms with van der Waals surface area (Å²) in [6, 6.07) is 0. The highest BCUT2D eigenvalue weighted by Crippen LogP contribution is 2.74. The first-order valence-electron chi connectivity index (χ1n) is 7.63. The van der Waals surface area contributed by atoms with E-state index in [2.05, 4.69) is 0 Å². The number of fused-ring (bicyclic) bond motifs is 2. The second-order valence-electron chi connectivity index (χ2n) is 6.58. The summed E-state index contributed by atoms with van der Waals surface area (Å²) in [6.07, 6.45) is 1.88. The molecule has 0 N–H and O–H groups in total. The molecule has 6 unspecified atom stereocenters. The maximum Gasteiger partial charge on any atom is 0.350 e. The second-order valence-corrected chi connectivity index (χ2v) is 6.58. The van der Waals surface area contributed by atoms with E-state index in [4.69, 9.17) is 0 Å². The zero-order chi connectivity index (χ0) is 16.4. The van der Waals surface area contributed by atoms with E-state index in [0.29, 0.717) is 12.8 Å². The lowest BCUT2D eigenvalue weighted by molar-refractivity contribution is -0.448. The van der Waals surface area contributed by atoms with E-state index in [-0.39, 0.29) is 12.8 Å². The highest BCUT2D eigenvalue weighted by molar-refractivity contribution is 5.33. The van der Waals surface area contributed by atoms with Gasteiger partial charge in [0, 0.05) is 5.92 Å². The minimum atomic E-state index is -4.93. The van der Waals surface area contributed by atoms with Crippen LogP contribution in [0, 0.1) is 23.7 Å². The molecule has 0 aromatic rings. The summed E-state index contributed by atoms with van der Waals surface area (Å²) >= 11 is 0. The van der Waals surface area contributed by atoms with Gasteiger partial charge in [-0.05, 0) is 43.9 Å². The summed E-state index contributed by atoms with van der Waals surface area (Å²) in [4.78, 5) is 0. The van der Waals surface area contributed by atoms with Crippen molar-refractivity contribution in [1.82, 2.24) is 0 Å². The molecule has 0 amide bonds. The van der Waals surface area contributed by atoms with Gasteiger partial charge in [-0.15, -0.1) is 0 Å². The summed E-state index contributed by atoms with van der Waals surface area (Å²) in [6.45, 7) is 5.86. The SMILES string of the molecule is CC.CC1C2CCC(C2)C1C1(F)C(C)(F)C(F)(F)C1(F)F. The third-order valence-corrected chi connectivity index (χ3v) is 5.92. The van der Waals surface area contributed by atoms with Crippen LogP contribution >= 0.6 is 0 Å². The minimum Gasteiger partial charge on any atom is -0.233 e. The van der Waals surface area contributed by atoms with Crippen LogP contribution in [-0.4, -0.2) is 23.2 Å². The van der Waals surface area contributed by atoms with Crippen LogP contribution in [0.25, 0.3) is 0 Å². The van der Waals surface area contributed by atoms with Gasteiger partial charge in [0.25, 0.3) is 0 Å². The molecule has 124 valence electrons. The van der Waals surface area contributed by atoms with Gasteiger partial charge < -0.3 is 0 Å².